The molecule has 2 aliphatic rings. The van der Waals surface area contributed by atoms with Gasteiger partial charge in [-0.05, 0) is 70.0 Å². The molecule has 0 radical (unpaired) electrons. The molecular formula is C17H33N3O2. The van der Waals surface area contributed by atoms with Crippen LogP contribution in [0.2, 0.25) is 0 Å². The van der Waals surface area contributed by atoms with Gasteiger partial charge in [-0.15, -0.1) is 0 Å². The third-order valence-electron chi connectivity index (χ3n) is 5.30. The first-order valence-electron chi connectivity index (χ1n) is 9.09. The molecule has 2 rings (SSSR count). The predicted octanol–water partition coefficient (Wildman–Crippen LogP) is 1.96. The number of aliphatic hydroxyl groups is 1. The molecule has 0 aromatic carbocycles. The van der Waals surface area contributed by atoms with Gasteiger partial charge in [0.1, 0.15) is 0 Å². The fourth-order valence-electron chi connectivity index (χ4n) is 3.73. The van der Waals surface area contributed by atoms with E-state index >= 15 is 0 Å². The van der Waals surface area contributed by atoms with Crippen molar-refractivity contribution in [1.82, 2.24) is 15.5 Å². The maximum Gasteiger partial charge on any atom is 0.314 e. The molecule has 5 nitrogen and oxygen atoms in total. The normalized spacial score (nSPS) is 27.5. The monoisotopic (exact) mass is 311 g/mol. The van der Waals surface area contributed by atoms with E-state index in [1.165, 1.54) is 25.9 Å². The summed E-state index contributed by atoms with van der Waals surface area (Å²) in [5.41, 5.74) is 0. The van der Waals surface area contributed by atoms with Crippen LogP contribution in [0.3, 0.4) is 0 Å². The molecule has 1 heterocycles. The standard InChI is InChI=1S/C17H33N3O2/c1-2-20-10-7-14(8-11-20)6-9-18-17(22)19-13-15-4-3-5-16(21)12-15/h14-16,21H,2-13H2,1H3,(H2,18,19,22). The van der Waals surface area contributed by atoms with Crippen LogP contribution < -0.4 is 10.6 Å². The highest BCUT2D eigenvalue weighted by molar-refractivity contribution is 5.73. The van der Waals surface area contributed by atoms with Crippen LogP contribution in [0.25, 0.3) is 0 Å². The zero-order valence-electron chi connectivity index (χ0n) is 14.0. The third-order valence-corrected chi connectivity index (χ3v) is 5.30. The number of carbonyl (C=O) groups is 1. The second-order valence-corrected chi connectivity index (χ2v) is 6.99. The molecule has 3 N–H and O–H groups in total. The zero-order valence-corrected chi connectivity index (χ0v) is 14.0. The van der Waals surface area contributed by atoms with E-state index in [2.05, 4.69) is 22.5 Å². The molecule has 1 aliphatic heterocycles. The Bertz CT molecular complexity index is 330. The van der Waals surface area contributed by atoms with Crippen LogP contribution in [-0.2, 0) is 0 Å². The van der Waals surface area contributed by atoms with Gasteiger partial charge in [0.25, 0.3) is 0 Å². The summed E-state index contributed by atoms with van der Waals surface area (Å²) < 4.78 is 0. The van der Waals surface area contributed by atoms with Gasteiger partial charge in [0, 0.05) is 13.1 Å². The molecule has 2 unspecified atom stereocenters. The number of rotatable bonds is 6. The number of hydrogen-bond donors (Lipinski definition) is 3. The van der Waals surface area contributed by atoms with Crippen molar-refractivity contribution < 1.29 is 9.90 Å². The lowest BCUT2D eigenvalue weighted by Crippen LogP contribution is -2.41. The highest BCUT2D eigenvalue weighted by atomic mass is 16.3. The van der Waals surface area contributed by atoms with Crippen LogP contribution in [0.5, 0.6) is 0 Å². The fraction of sp³-hybridized carbons (Fsp3) is 0.941. The van der Waals surface area contributed by atoms with E-state index in [4.69, 9.17) is 0 Å². The molecule has 5 heteroatoms. The molecule has 2 amide bonds. The molecule has 1 saturated heterocycles. The van der Waals surface area contributed by atoms with Crippen LogP contribution in [0.1, 0.15) is 51.9 Å². The minimum Gasteiger partial charge on any atom is -0.393 e. The molecular weight excluding hydrogens is 278 g/mol. The Hall–Kier alpha value is -0.810. The van der Waals surface area contributed by atoms with Crippen molar-refractivity contribution in [3.8, 4) is 0 Å². The van der Waals surface area contributed by atoms with Crippen molar-refractivity contribution in [3.05, 3.63) is 0 Å². The van der Waals surface area contributed by atoms with Gasteiger partial charge in [0.2, 0.25) is 0 Å². The lowest BCUT2D eigenvalue weighted by Gasteiger charge is -2.31. The molecule has 0 aromatic rings. The number of piperidine rings is 1. The fourth-order valence-corrected chi connectivity index (χ4v) is 3.73. The summed E-state index contributed by atoms with van der Waals surface area (Å²) in [4.78, 5) is 14.3. The van der Waals surface area contributed by atoms with Gasteiger partial charge in [-0.25, -0.2) is 4.79 Å². The predicted molar refractivity (Wildman–Crippen MR) is 88.8 cm³/mol. The van der Waals surface area contributed by atoms with E-state index < -0.39 is 0 Å². The van der Waals surface area contributed by atoms with Gasteiger partial charge in [0.15, 0.2) is 0 Å². The van der Waals surface area contributed by atoms with E-state index in [0.717, 1.165) is 51.1 Å². The minimum absolute atomic E-state index is 0.0499. The first kappa shape index (κ1) is 17.5. The zero-order chi connectivity index (χ0) is 15.8. The van der Waals surface area contributed by atoms with Gasteiger partial charge in [-0.3, -0.25) is 0 Å². The van der Waals surface area contributed by atoms with Gasteiger partial charge in [-0.1, -0.05) is 13.3 Å². The van der Waals surface area contributed by atoms with Crippen LogP contribution in [0.15, 0.2) is 0 Å². The first-order chi connectivity index (χ1) is 10.7. The Morgan fingerprint density at radius 1 is 1.14 bits per heavy atom. The molecule has 0 aromatic heterocycles. The number of nitrogens with zero attached hydrogens (tertiary/aromatic N) is 1. The minimum atomic E-state index is -0.169. The van der Waals surface area contributed by atoms with Gasteiger partial charge in [-0.2, -0.15) is 0 Å². The summed E-state index contributed by atoms with van der Waals surface area (Å²) in [5, 5.41) is 15.6. The van der Waals surface area contributed by atoms with Crippen molar-refractivity contribution in [3.63, 3.8) is 0 Å². The van der Waals surface area contributed by atoms with Crippen LogP contribution in [0.4, 0.5) is 4.79 Å². The Kier molecular flexibility index (Phi) is 7.46. The SMILES string of the molecule is CCN1CCC(CCNC(=O)NCC2CCCC(O)C2)CC1. The number of carbonyl (C=O) groups excluding carboxylic acids is 1. The molecule has 0 spiro atoms. The molecule has 128 valence electrons. The summed E-state index contributed by atoms with van der Waals surface area (Å²) in [6, 6.07) is -0.0499. The van der Waals surface area contributed by atoms with E-state index in [9.17, 15) is 9.90 Å². The number of aliphatic hydroxyl groups excluding tert-OH is 1. The Labute approximate surface area is 134 Å². The maximum atomic E-state index is 11.8. The molecule has 1 saturated carbocycles. The van der Waals surface area contributed by atoms with Crippen molar-refractivity contribution in [2.24, 2.45) is 11.8 Å². The largest absolute Gasteiger partial charge is 0.393 e. The van der Waals surface area contributed by atoms with Gasteiger partial charge in [0.05, 0.1) is 6.10 Å². The van der Waals surface area contributed by atoms with E-state index in [-0.39, 0.29) is 12.1 Å². The summed E-state index contributed by atoms with van der Waals surface area (Å²) in [7, 11) is 0. The quantitative estimate of drug-likeness (QED) is 0.702. The highest BCUT2D eigenvalue weighted by Gasteiger charge is 2.21. The topological polar surface area (TPSA) is 64.6 Å². The summed E-state index contributed by atoms with van der Waals surface area (Å²) in [6.45, 7) is 7.25. The Morgan fingerprint density at radius 2 is 1.91 bits per heavy atom. The lowest BCUT2D eigenvalue weighted by atomic mass is 9.87. The second kappa shape index (κ2) is 9.36. The molecule has 2 fully saturated rings. The molecule has 0 bridgehead atoms. The van der Waals surface area contributed by atoms with Crippen LogP contribution >= 0.6 is 0 Å². The maximum absolute atomic E-state index is 11.8. The second-order valence-electron chi connectivity index (χ2n) is 6.99. The first-order valence-corrected chi connectivity index (χ1v) is 9.09. The number of hydrogen-bond acceptors (Lipinski definition) is 3. The molecule has 1 aliphatic carbocycles. The lowest BCUT2D eigenvalue weighted by molar-refractivity contribution is 0.101. The average molecular weight is 311 g/mol. The van der Waals surface area contributed by atoms with Gasteiger partial charge < -0.3 is 20.6 Å². The summed E-state index contributed by atoms with van der Waals surface area (Å²) in [5.74, 6) is 1.20. The van der Waals surface area contributed by atoms with Gasteiger partial charge >= 0.3 is 6.03 Å². The number of urea groups is 1. The molecule has 2 atom stereocenters. The number of amides is 2. The van der Waals surface area contributed by atoms with E-state index in [1.807, 2.05) is 0 Å². The summed E-state index contributed by atoms with van der Waals surface area (Å²) in [6.07, 6.45) is 7.38. The molecule has 22 heavy (non-hydrogen) atoms. The number of likely N-dealkylation sites (tertiary alicyclic amines) is 1. The van der Waals surface area contributed by atoms with Crippen molar-refractivity contribution >= 4 is 6.03 Å². The average Bonchev–Trinajstić information content (AvgIpc) is 2.54. The third kappa shape index (κ3) is 6.13. The Balaban J connectivity index is 1.51. The van der Waals surface area contributed by atoms with Crippen LogP contribution in [0, 0.1) is 11.8 Å². The van der Waals surface area contributed by atoms with Crippen molar-refractivity contribution in [2.75, 3.05) is 32.7 Å². The Morgan fingerprint density at radius 3 is 2.59 bits per heavy atom. The van der Waals surface area contributed by atoms with Crippen molar-refractivity contribution in [1.29, 1.82) is 0 Å². The van der Waals surface area contributed by atoms with E-state index in [1.54, 1.807) is 0 Å². The smallest absolute Gasteiger partial charge is 0.314 e. The summed E-state index contributed by atoms with van der Waals surface area (Å²) >= 11 is 0. The van der Waals surface area contributed by atoms with E-state index in [0.29, 0.717) is 12.5 Å². The number of nitrogens with one attached hydrogen (secondary N) is 2. The van der Waals surface area contributed by atoms with Crippen LogP contribution in [-0.4, -0.2) is 54.9 Å². The highest BCUT2D eigenvalue weighted by Crippen LogP contribution is 2.23. The van der Waals surface area contributed by atoms with Crippen molar-refractivity contribution in [2.45, 2.75) is 58.0 Å².